The highest BCUT2D eigenvalue weighted by Crippen LogP contribution is 2.30. The summed E-state index contributed by atoms with van der Waals surface area (Å²) in [5, 5.41) is 27.3. The minimum atomic E-state index is -0.320. The molecule has 0 saturated heterocycles. The average Bonchev–Trinajstić information content (AvgIpc) is 3.43. The fourth-order valence-electron chi connectivity index (χ4n) is 3.21. The minimum absolute atomic E-state index is 0.183. The summed E-state index contributed by atoms with van der Waals surface area (Å²) in [6.07, 6.45) is 1.24. The smallest absolute Gasteiger partial charge is 0.215 e. The molecule has 0 amide bonds. The zero-order valence-electron chi connectivity index (χ0n) is 15.0. The third-order valence-corrected chi connectivity index (χ3v) is 4.46. The summed E-state index contributed by atoms with van der Waals surface area (Å²) < 4.78 is 11.9. The molecule has 0 radical (unpaired) electrons. The number of rotatable bonds is 4. The fraction of sp³-hybridized carbons (Fsp3) is 0.176. The number of tetrazole rings is 2. The van der Waals surface area contributed by atoms with Crippen molar-refractivity contribution in [3.63, 3.8) is 0 Å². The van der Waals surface area contributed by atoms with E-state index < -0.39 is 0 Å². The van der Waals surface area contributed by atoms with Gasteiger partial charge in [0.2, 0.25) is 11.6 Å². The molecule has 12 nitrogen and oxygen atoms in total. The molecule has 4 heterocycles. The van der Waals surface area contributed by atoms with Crippen LogP contribution in [0.15, 0.2) is 36.6 Å². The molecule has 0 aliphatic rings. The lowest BCUT2D eigenvalue weighted by atomic mass is 10.0. The molecule has 0 bridgehead atoms. The molecule has 29 heavy (non-hydrogen) atoms. The van der Waals surface area contributed by atoms with Gasteiger partial charge in [-0.25, -0.2) is 10.2 Å². The van der Waals surface area contributed by atoms with Crippen molar-refractivity contribution in [2.45, 2.75) is 19.8 Å². The van der Waals surface area contributed by atoms with Crippen molar-refractivity contribution >= 4 is 21.9 Å². The van der Waals surface area contributed by atoms with E-state index in [1.54, 1.807) is 0 Å². The molecule has 0 aliphatic carbocycles. The number of aromatic nitrogens is 8. The Morgan fingerprint density at radius 3 is 1.76 bits per heavy atom. The maximum Gasteiger partial charge on any atom is 0.215 e. The number of nitrogens with one attached hydrogen (secondary N) is 2. The molecule has 12 heteroatoms. The van der Waals surface area contributed by atoms with Crippen LogP contribution in [0.25, 0.3) is 45.1 Å². The summed E-state index contributed by atoms with van der Waals surface area (Å²) in [5.41, 5.74) is 0.584. The lowest BCUT2D eigenvalue weighted by Crippen LogP contribution is -2.08. The first-order valence-corrected chi connectivity index (χ1v) is 8.71. The van der Waals surface area contributed by atoms with Gasteiger partial charge in [-0.15, -0.1) is 10.2 Å². The molecule has 0 spiro atoms. The van der Waals surface area contributed by atoms with Gasteiger partial charge in [-0.05, 0) is 33.3 Å². The number of fused-ring (bicyclic) bond motifs is 2. The van der Waals surface area contributed by atoms with Crippen LogP contribution in [0.4, 0.5) is 0 Å². The van der Waals surface area contributed by atoms with Crippen LogP contribution >= 0.6 is 0 Å². The van der Waals surface area contributed by atoms with E-state index >= 15 is 0 Å². The zero-order valence-corrected chi connectivity index (χ0v) is 15.0. The lowest BCUT2D eigenvalue weighted by molar-refractivity contribution is 0.590. The first-order valence-electron chi connectivity index (χ1n) is 8.71. The Kier molecular flexibility index (Phi) is 3.76. The quantitative estimate of drug-likeness (QED) is 0.424. The van der Waals surface area contributed by atoms with Crippen LogP contribution < -0.4 is 10.9 Å². The third-order valence-electron chi connectivity index (χ3n) is 4.46. The topological polar surface area (TPSA) is 169 Å². The van der Waals surface area contributed by atoms with Gasteiger partial charge in [-0.3, -0.25) is 9.59 Å². The van der Waals surface area contributed by atoms with Crippen molar-refractivity contribution in [1.29, 1.82) is 0 Å². The lowest BCUT2D eigenvalue weighted by Gasteiger charge is -2.10. The highest BCUT2D eigenvalue weighted by Gasteiger charge is 2.20. The molecule has 0 atom stereocenters. The molecular formula is C17H12N8O4. The Balaban J connectivity index is 1.90. The molecular weight excluding hydrogens is 380 g/mol. The van der Waals surface area contributed by atoms with Gasteiger partial charge in [-0.1, -0.05) is 13.3 Å². The van der Waals surface area contributed by atoms with E-state index in [1.807, 2.05) is 6.92 Å². The Hall–Kier alpha value is -4.22. The van der Waals surface area contributed by atoms with E-state index in [0.29, 0.717) is 23.2 Å². The Bertz CT molecular complexity index is 1350. The first kappa shape index (κ1) is 16.9. The number of benzene rings is 1. The molecule has 1 aromatic carbocycles. The Morgan fingerprint density at radius 2 is 1.34 bits per heavy atom. The summed E-state index contributed by atoms with van der Waals surface area (Å²) >= 11 is 0. The van der Waals surface area contributed by atoms with Crippen molar-refractivity contribution in [2.24, 2.45) is 0 Å². The summed E-state index contributed by atoms with van der Waals surface area (Å²) in [5.74, 6) is 0.799. The molecule has 0 fully saturated rings. The van der Waals surface area contributed by atoms with Crippen molar-refractivity contribution < 1.29 is 8.83 Å². The van der Waals surface area contributed by atoms with E-state index in [-0.39, 0.29) is 44.8 Å². The SMILES string of the molecule is CCCc1c2oc(-c3nnn[nH]3)cc(=O)c2cc2c(=O)cc(-c3nnn[nH]3)oc12. The number of hydrogen-bond donors (Lipinski definition) is 2. The molecule has 0 saturated carbocycles. The van der Waals surface area contributed by atoms with Crippen LogP contribution in [0, 0.1) is 0 Å². The molecule has 0 unspecified atom stereocenters. The predicted octanol–water partition coefficient (Wildman–Crippen LogP) is 1.21. The molecule has 144 valence electrons. The summed E-state index contributed by atoms with van der Waals surface area (Å²) in [4.78, 5) is 25.5. The minimum Gasteiger partial charge on any atom is -0.452 e. The largest absolute Gasteiger partial charge is 0.452 e. The molecule has 5 rings (SSSR count). The maximum absolute atomic E-state index is 12.8. The second-order valence-electron chi connectivity index (χ2n) is 6.31. The standard InChI is InChI=1S/C17H12N8O4/c1-2-3-7-14-8(10(26)5-12(28-14)16-18-22-23-19-16)4-9-11(27)6-13(29-15(7)9)17-20-24-25-21-17/h4-6H,2-3H2,1H3,(H,18,19,22,23)(H,20,21,24,25). The monoisotopic (exact) mass is 392 g/mol. The number of nitrogens with zero attached hydrogens (tertiary/aromatic N) is 6. The van der Waals surface area contributed by atoms with E-state index in [2.05, 4.69) is 41.2 Å². The highest BCUT2D eigenvalue weighted by molar-refractivity contribution is 5.97. The van der Waals surface area contributed by atoms with Crippen molar-refractivity contribution in [1.82, 2.24) is 41.2 Å². The van der Waals surface area contributed by atoms with E-state index in [1.165, 1.54) is 18.2 Å². The van der Waals surface area contributed by atoms with Crippen LogP contribution in [-0.2, 0) is 6.42 Å². The van der Waals surface area contributed by atoms with Gasteiger partial charge in [0.15, 0.2) is 22.4 Å². The van der Waals surface area contributed by atoms with Crippen molar-refractivity contribution in [3.8, 4) is 23.2 Å². The number of hydrogen-bond acceptors (Lipinski definition) is 10. The second-order valence-corrected chi connectivity index (χ2v) is 6.31. The van der Waals surface area contributed by atoms with E-state index in [0.717, 1.165) is 6.42 Å². The van der Waals surface area contributed by atoms with Gasteiger partial charge in [0.1, 0.15) is 11.2 Å². The van der Waals surface area contributed by atoms with Crippen LogP contribution in [0.3, 0.4) is 0 Å². The van der Waals surface area contributed by atoms with Crippen molar-refractivity contribution in [3.05, 3.63) is 44.2 Å². The highest BCUT2D eigenvalue weighted by atomic mass is 16.3. The number of aryl methyl sites for hydroxylation is 1. The van der Waals surface area contributed by atoms with Gasteiger partial charge in [0, 0.05) is 17.7 Å². The Morgan fingerprint density at radius 1 is 0.828 bits per heavy atom. The van der Waals surface area contributed by atoms with Gasteiger partial charge < -0.3 is 8.83 Å². The van der Waals surface area contributed by atoms with Gasteiger partial charge >= 0.3 is 0 Å². The van der Waals surface area contributed by atoms with Gasteiger partial charge in [-0.2, -0.15) is 0 Å². The molecule has 4 aromatic heterocycles. The predicted molar refractivity (Wildman–Crippen MR) is 98.9 cm³/mol. The zero-order chi connectivity index (χ0) is 20.0. The van der Waals surface area contributed by atoms with Gasteiger partial charge in [0.05, 0.1) is 10.8 Å². The molecule has 5 aromatic rings. The van der Waals surface area contributed by atoms with Crippen LogP contribution in [-0.4, -0.2) is 41.2 Å². The normalized spacial score (nSPS) is 11.5. The second kappa shape index (κ2) is 6.44. The van der Waals surface area contributed by atoms with Crippen LogP contribution in [0.1, 0.15) is 18.9 Å². The summed E-state index contributed by atoms with van der Waals surface area (Å²) in [6, 6.07) is 4.04. The average molecular weight is 392 g/mol. The Labute approximate surface area is 159 Å². The third kappa shape index (κ3) is 2.69. The maximum atomic E-state index is 12.8. The molecule has 2 N–H and O–H groups in total. The number of H-pyrrole nitrogens is 2. The number of aromatic amines is 2. The van der Waals surface area contributed by atoms with Crippen LogP contribution in [0.5, 0.6) is 0 Å². The van der Waals surface area contributed by atoms with E-state index in [9.17, 15) is 9.59 Å². The fourth-order valence-corrected chi connectivity index (χ4v) is 3.21. The summed E-state index contributed by atoms with van der Waals surface area (Å²) in [6.45, 7) is 1.97. The van der Waals surface area contributed by atoms with Crippen molar-refractivity contribution in [2.75, 3.05) is 0 Å². The first-order chi connectivity index (χ1) is 14.2. The molecule has 0 aliphatic heterocycles. The van der Waals surface area contributed by atoms with E-state index in [4.69, 9.17) is 8.83 Å². The van der Waals surface area contributed by atoms with Crippen LogP contribution in [0.2, 0.25) is 0 Å². The van der Waals surface area contributed by atoms with Gasteiger partial charge in [0.25, 0.3) is 0 Å². The summed E-state index contributed by atoms with van der Waals surface area (Å²) in [7, 11) is 0.